The first-order valence-electron chi connectivity index (χ1n) is 8.47. The van der Waals surface area contributed by atoms with Crippen molar-refractivity contribution < 1.29 is 14.7 Å². The van der Waals surface area contributed by atoms with Gasteiger partial charge in [0.05, 0.1) is 6.61 Å². The van der Waals surface area contributed by atoms with Gasteiger partial charge < -0.3 is 14.9 Å². The van der Waals surface area contributed by atoms with E-state index in [0.29, 0.717) is 31.9 Å². The average Bonchev–Trinajstić information content (AvgIpc) is 3.16. The second kappa shape index (κ2) is 5.88. The Morgan fingerprint density at radius 2 is 1.96 bits per heavy atom. The Morgan fingerprint density at radius 3 is 2.46 bits per heavy atom. The van der Waals surface area contributed by atoms with Crippen molar-refractivity contribution in [3.63, 3.8) is 0 Å². The van der Waals surface area contributed by atoms with Crippen molar-refractivity contribution in [1.29, 1.82) is 0 Å². The summed E-state index contributed by atoms with van der Waals surface area (Å²) < 4.78 is 1.69. The van der Waals surface area contributed by atoms with Gasteiger partial charge in [-0.1, -0.05) is 13.8 Å². The number of fused-ring (bicyclic) bond motifs is 1. The Labute approximate surface area is 142 Å². The van der Waals surface area contributed by atoms with Gasteiger partial charge in [-0.15, -0.1) is 0 Å². The molecule has 2 fully saturated rings. The van der Waals surface area contributed by atoms with E-state index in [2.05, 4.69) is 5.10 Å². The van der Waals surface area contributed by atoms with Gasteiger partial charge in [0.2, 0.25) is 5.91 Å². The van der Waals surface area contributed by atoms with Crippen LogP contribution in [-0.2, 0) is 11.8 Å². The van der Waals surface area contributed by atoms with Crippen LogP contribution in [0.25, 0.3) is 0 Å². The van der Waals surface area contributed by atoms with Crippen molar-refractivity contribution in [2.24, 2.45) is 24.3 Å². The molecule has 132 valence electrons. The molecule has 3 rings (SSSR count). The fourth-order valence-corrected chi connectivity index (χ4v) is 3.92. The molecule has 0 aromatic carbocycles. The molecule has 24 heavy (non-hydrogen) atoms. The molecule has 3 heterocycles. The molecule has 2 amide bonds. The maximum absolute atomic E-state index is 12.7. The second-order valence-electron chi connectivity index (χ2n) is 7.57. The lowest BCUT2D eigenvalue weighted by Gasteiger charge is -2.27. The van der Waals surface area contributed by atoms with E-state index in [-0.39, 0.29) is 30.3 Å². The van der Waals surface area contributed by atoms with Gasteiger partial charge in [0.1, 0.15) is 0 Å². The van der Waals surface area contributed by atoms with Gasteiger partial charge in [-0.2, -0.15) is 5.10 Å². The minimum absolute atomic E-state index is 0.00936. The lowest BCUT2D eigenvalue weighted by atomic mass is 9.82. The van der Waals surface area contributed by atoms with Crippen molar-refractivity contribution >= 4 is 11.8 Å². The van der Waals surface area contributed by atoms with Crippen LogP contribution in [0.4, 0.5) is 0 Å². The Bertz CT molecular complexity index is 649. The van der Waals surface area contributed by atoms with E-state index < -0.39 is 5.41 Å². The van der Waals surface area contributed by atoms with Gasteiger partial charge in [0.15, 0.2) is 5.69 Å². The molecule has 0 bridgehead atoms. The third-order valence-electron chi connectivity index (χ3n) is 5.50. The van der Waals surface area contributed by atoms with Crippen LogP contribution >= 0.6 is 0 Å². The molecule has 0 radical (unpaired) electrons. The smallest absolute Gasteiger partial charge is 0.274 e. The number of hydrogen-bond acceptors (Lipinski definition) is 4. The molecule has 0 unspecified atom stereocenters. The summed E-state index contributed by atoms with van der Waals surface area (Å²) >= 11 is 0. The van der Waals surface area contributed by atoms with Crippen molar-refractivity contribution in [1.82, 2.24) is 19.6 Å². The molecule has 2 atom stereocenters. The van der Waals surface area contributed by atoms with Crippen LogP contribution in [0.5, 0.6) is 0 Å². The molecule has 2 aliphatic rings. The Kier molecular flexibility index (Phi) is 4.15. The van der Waals surface area contributed by atoms with Gasteiger partial charge in [-0.25, -0.2) is 0 Å². The molecule has 0 spiro atoms. The van der Waals surface area contributed by atoms with Gasteiger partial charge in [-0.05, 0) is 13.0 Å². The number of likely N-dealkylation sites (tertiary alicyclic amines) is 2. The molecule has 2 aliphatic heterocycles. The van der Waals surface area contributed by atoms with Crippen LogP contribution in [0.1, 0.15) is 30.0 Å². The number of amides is 2. The van der Waals surface area contributed by atoms with E-state index in [1.165, 1.54) is 0 Å². The minimum atomic E-state index is -0.399. The first-order chi connectivity index (χ1) is 11.3. The zero-order valence-electron chi connectivity index (χ0n) is 14.8. The number of rotatable bonds is 3. The summed E-state index contributed by atoms with van der Waals surface area (Å²) in [5.41, 5.74) is 0.978. The van der Waals surface area contributed by atoms with E-state index in [4.69, 9.17) is 0 Å². The largest absolute Gasteiger partial charge is 0.396 e. The first-order valence-corrected chi connectivity index (χ1v) is 8.47. The zero-order chi connectivity index (χ0) is 17.6. The lowest BCUT2D eigenvalue weighted by Crippen LogP contribution is -2.41. The fraction of sp³-hybridized carbons (Fsp3) is 0.706. The monoisotopic (exact) mass is 334 g/mol. The molecule has 0 saturated carbocycles. The van der Waals surface area contributed by atoms with Crippen LogP contribution in [0.15, 0.2) is 6.07 Å². The number of aromatic nitrogens is 2. The third-order valence-corrected chi connectivity index (χ3v) is 5.50. The van der Waals surface area contributed by atoms with E-state index in [9.17, 15) is 14.7 Å². The summed E-state index contributed by atoms with van der Waals surface area (Å²) in [6.07, 6.45) is 0. The van der Waals surface area contributed by atoms with Crippen molar-refractivity contribution in [2.75, 3.05) is 32.8 Å². The van der Waals surface area contributed by atoms with Crippen molar-refractivity contribution in [3.05, 3.63) is 17.5 Å². The molecular formula is C17H26N4O3. The lowest BCUT2D eigenvalue weighted by molar-refractivity contribution is -0.134. The zero-order valence-corrected chi connectivity index (χ0v) is 14.8. The van der Waals surface area contributed by atoms with Crippen LogP contribution in [0.2, 0.25) is 0 Å². The highest BCUT2D eigenvalue weighted by Gasteiger charge is 2.54. The highest BCUT2D eigenvalue weighted by atomic mass is 16.3. The third kappa shape index (κ3) is 2.60. The molecule has 1 aromatic rings. The number of nitrogens with zero attached hydrogens (tertiary/aromatic N) is 4. The van der Waals surface area contributed by atoms with Crippen molar-refractivity contribution in [2.45, 2.75) is 20.8 Å². The molecule has 2 saturated heterocycles. The van der Waals surface area contributed by atoms with E-state index in [1.807, 2.05) is 32.7 Å². The maximum atomic E-state index is 12.7. The molecule has 1 N–H and O–H groups in total. The standard InChI is InChI=1S/C17H26N4O3/c1-11(2)15(23)20-6-13-7-21(9-17(13,8-20)10-22)16(24)14-5-12(3)19(4)18-14/h5,11,13,22H,6-10H2,1-4H3/t13-,17+/m1/s1. The van der Waals surface area contributed by atoms with Gasteiger partial charge in [0, 0.05) is 56.2 Å². The predicted octanol–water partition coefficient (Wildman–Crippen LogP) is 0.277. The molecule has 7 nitrogen and oxygen atoms in total. The average molecular weight is 334 g/mol. The first kappa shape index (κ1) is 17.0. The number of aryl methyl sites for hydroxylation is 2. The van der Waals surface area contributed by atoms with Gasteiger partial charge in [-0.3, -0.25) is 14.3 Å². The number of carbonyl (C=O) groups is 2. The second-order valence-corrected chi connectivity index (χ2v) is 7.57. The van der Waals surface area contributed by atoms with Crippen molar-refractivity contribution in [3.8, 4) is 0 Å². The summed E-state index contributed by atoms with van der Waals surface area (Å²) in [6, 6.07) is 1.79. The summed E-state index contributed by atoms with van der Waals surface area (Å²) in [7, 11) is 1.81. The van der Waals surface area contributed by atoms with Crippen LogP contribution in [0.3, 0.4) is 0 Å². The number of carbonyl (C=O) groups excluding carboxylic acids is 2. The quantitative estimate of drug-likeness (QED) is 0.861. The number of aliphatic hydroxyl groups excluding tert-OH is 1. The molecule has 1 aromatic heterocycles. The minimum Gasteiger partial charge on any atom is -0.396 e. The normalized spacial score (nSPS) is 26.3. The van der Waals surface area contributed by atoms with Crippen LogP contribution < -0.4 is 0 Å². The summed E-state index contributed by atoms with van der Waals surface area (Å²) in [4.78, 5) is 28.6. The van der Waals surface area contributed by atoms with E-state index in [1.54, 1.807) is 15.6 Å². The molecular weight excluding hydrogens is 308 g/mol. The predicted molar refractivity (Wildman–Crippen MR) is 88.3 cm³/mol. The number of hydrogen-bond donors (Lipinski definition) is 1. The van der Waals surface area contributed by atoms with Gasteiger partial charge >= 0.3 is 0 Å². The topological polar surface area (TPSA) is 78.7 Å². The fourth-order valence-electron chi connectivity index (χ4n) is 3.92. The Balaban J connectivity index is 1.75. The Morgan fingerprint density at radius 1 is 1.33 bits per heavy atom. The highest BCUT2D eigenvalue weighted by molar-refractivity contribution is 5.92. The molecule has 7 heteroatoms. The molecule has 0 aliphatic carbocycles. The van der Waals surface area contributed by atoms with E-state index in [0.717, 1.165) is 5.69 Å². The highest BCUT2D eigenvalue weighted by Crippen LogP contribution is 2.42. The summed E-state index contributed by atoms with van der Waals surface area (Å²) in [5, 5.41) is 14.2. The SMILES string of the molecule is Cc1cc(C(=O)N2C[C@H]3CN(C(=O)C(C)C)C[C@@]3(CO)C2)nn1C. The summed E-state index contributed by atoms with van der Waals surface area (Å²) in [5.74, 6) is 0.103. The maximum Gasteiger partial charge on any atom is 0.274 e. The Hall–Kier alpha value is -1.89. The summed E-state index contributed by atoms with van der Waals surface area (Å²) in [6.45, 7) is 7.86. The number of aliphatic hydroxyl groups is 1. The van der Waals surface area contributed by atoms with E-state index >= 15 is 0 Å². The van der Waals surface area contributed by atoms with Crippen LogP contribution in [-0.4, -0.2) is 69.3 Å². The van der Waals surface area contributed by atoms with Gasteiger partial charge in [0.25, 0.3) is 5.91 Å². The van der Waals surface area contributed by atoms with Crippen LogP contribution in [0, 0.1) is 24.2 Å².